The van der Waals surface area contributed by atoms with Crippen LogP contribution in [0.1, 0.15) is 16.8 Å². The van der Waals surface area contributed by atoms with Crippen LogP contribution in [-0.2, 0) is 6.42 Å². The maximum atomic E-state index is 8.93. The number of aromatic nitrogens is 2. The molecule has 0 aliphatic carbocycles. The minimum absolute atomic E-state index is 0.223. The van der Waals surface area contributed by atoms with Crippen molar-refractivity contribution in [3.05, 3.63) is 53.5 Å². The molecule has 1 heterocycles. The predicted octanol–water partition coefficient (Wildman–Crippen LogP) is 2.19. The van der Waals surface area contributed by atoms with Gasteiger partial charge in [-0.05, 0) is 31.1 Å². The molecule has 0 bridgehead atoms. The van der Waals surface area contributed by atoms with E-state index in [1.54, 1.807) is 0 Å². The third-order valence-electron chi connectivity index (χ3n) is 2.82. The number of rotatable bonds is 4. The highest BCUT2D eigenvalue weighted by atomic mass is 32.1. The van der Waals surface area contributed by atoms with Gasteiger partial charge in [0.15, 0.2) is 16.6 Å². The van der Waals surface area contributed by atoms with Crippen molar-refractivity contribution in [2.24, 2.45) is 0 Å². The summed E-state index contributed by atoms with van der Waals surface area (Å²) >= 11 is 5.19. The van der Waals surface area contributed by atoms with E-state index in [1.807, 2.05) is 12.1 Å². The van der Waals surface area contributed by atoms with Gasteiger partial charge in [-0.2, -0.15) is 5.26 Å². The summed E-state index contributed by atoms with van der Waals surface area (Å²) in [7, 11) is 0. The number of hydrogen-bond acceptors (Lipinski definition) is 4. The first-order valence-electron chi connectivity index (χ1n) is 6.50. The Labute approximate surface area is 129 Å². The normalized spacial score (nSPS) is 9.71. The van der Waals surface area contributed by atoms with Gasteiger partial charge in [-0.15, -0.1) is 0 Å². The average molecular weight is 297 g/mol. The fourth-order valence-corrected chi connectivity index (χ4v) is 2.05. The lowest BCUT2D eigenvalue weighted by Crippen LogP contribution is -2.30. The zero-order valence-electron chi connectivity index (χ0n) is 11.6. The number of anilines is 1. The molecule has 2 aromatic rings. The van der Waals surface area contributed by atoms with E-state index in [0.717, 1.165) is 6.42 Å². The molecular formula is C15H15N5S. The number of nitrogens with one attached hydrogen (secondary N) is 2. The molecule has 21 heavy (non-hydrogen) atoms. The highest BCUT2D eigenvalue weighted by Gasteiger charge is 2.05. The van der Waals surface area contributed by atoms with Crippen LogP contribution in [0, 0.1) is 18.3 Å². The lowest BCUT2D eigenvalue weighted by Gasteiger charge is -2.10. The third-order valence-corrected chi connectivity index (χ3v) is 3.06. The van der Waals surface area contributed by atoms with Crippen molar-refractivity contribution >= 4 is 23.1 Å². The standard InChI is InChI=1S/C15H15N5S/c1-11-3-2-4-12(9-11)5-6-19-15(21)20-14-13(10-16)17-7-8-18-14/h2-4,7-9H,5-6H2,1H3,(H2,18,19,20,21). The van der Waals surface area contributed by atoms with Crippen LogP contribution < -0.4 is 10.6 Å². The number of aryl methyl sites for hydroxylation is 1. The molecule has 1 aromatic carbocycles. The van der Waals surface area contributed by atoms with Crippen LogP contribution in [-0.4, -0.2) is 21.6 Å². The third kappa shape index (κ3) is 4.51. The largest absolute Gasteiger partial charge is 0.362 e. The second kappa shape index (κ2) is 7.31. The Kier molecular flexibility index (Phi) is 5.18. The Morgan fingerprint density at radius 2 is 2.14 bits per heavy atom. The second-order valence-corrected chi connectivity index (χ2v) is 4.89. The minimum atomic E-state index is 0.223. The molecule has 0 amide bonds. The second-order valence-electron chi connectivity index (χ2n) is 4.49. The van der Waals surface area contributed by atoms with Crippen molar-refractivity contribution in [2.45, 2.75) is 13.3 Å². The van der Waals surface area contributed by atoms with E-state index in [4.69, 9.17) is 17.5 Å². The molecule has 0 atom stereocenters. The average Bonchev–Trinajstić information content (AvgIpc) is 2.48. The van der Waals surface area contributed by atoms with Gasteiger partial charge in [0.25, 0.3) is 0 Å². The van der Waals surface area contributed by atoms with Crippen molar-refractivity contribution in [3.8, 4) is 6.07 Å². The Bertz CT molecular complexity index is 678. The van der Waals surface area contributed by atoms with E-state index in [9.17, 15) is 0 Å². The SMILES string of the molecule is Cc1cccc(CCNC(=S)Nc2nccnc2C#N)c1. The van der Waals surface area contributed by atoms with Gasteiger partial charge < -0.3 is 10.6 Å². The molecule has 0 radical (unpaired) electrons. The number of nitrogens with zero attached hydrogens (tertiary/aromatic N) is 3. The van der Waals surface area contributed by atoms with Crippen LogP contribution in [0.2, 0.25) is 0 Å². The summed E-state index contributed by atoms with van der Waals surface area (Å²) in [6.07, 6.45) is 3.85. The van der Waals surface area contributed by atoms with Gasteiger partial charge in [-0.25, -0.2) is 9.97 Å². The van der Waals surface area contributed by atoms with Gasteiger partial charge in [0, 0.05) is 18.9 Å². The highest BCUT2D eigenvalue weighted by Crippen LogP contribution is 2.06. The molecular weight excluding hydrogens is 282 g/mol. The zero-order valence-corrected chi connectivity index (χ0v) is 12.4. The Balaban J connectivity index is 1.84. The van der Waals surface area contributed by atoms with Gasteiger partial charge in [0.1, 0.15) is 6.07 Å². The van der Waals surface area contributed by atoms with Crippen molar-refractivity contribution in [1.82, 2.24) is 15.3 Å². The molecule has 0 aliphatic rings. The summed E-state index contributed by atoms with van der Waals surface area (Å²) in [5.41, 5.74) is 2.72. The van der Waals surface area contributed by atoms with Gasteiger partial charge in [0.05, 0.1) is 0 Å². The van der Waals surface area contributed by atoms with E-state index >= 15 is 0 Å². The first kappa shape index (κ1) is 14.9. The van der Waals surface area contributed by atoms with E-state index in [2.05, 4.69) is 45.7 Å². The monoisotopic (exact) mass is 297 g/mol. The van der Waals surface area contributed by atoms with Crippen LogP contribution in [0.25, 0.3) is 0 Å². The quantitative estimate of drug-likeness (QED) is 0.843. The maximum Gasteiger partial charge on any atom is 0.183 e. The maximum absolute atomic E-state index is 8.93. The van der Waals surface area contributed by atoms with E-state index in [-0.39, 0.29) is 5.69 Å². The molecule has 0 saturated heterocycles. The van der Waals surface area contributed by atoms with Crippen molar-refractivity contribution in [2.75, 3.05) is 11.9 Å². The van der Waals surface area contributed by atoms with E-state index < -0.39 is 0 Å². The number of thiocarbonyl (C=S) groups is 1. The van der Waals surface area contributed by atoms with Gasteiger partial charge >= 0.3 is 0 Å². The van der Waals surface area contributed by atoms with E-state index in [0.29, 0.717) is 17.5 Å². The topological polar surface area (TPSA) is 73.6 Å². The summed E-state index contributed by atoms with van der Waals surface area (Å²) in [6, 6.07) is 10.3. The molecule has 2 rings (SSSR count). The number of benzene rings is 1. The van der Waals surface area contributed by atoms with Crippen molar-refractivity contribution in [1.29, 1.82) is 5.26 Å². The van der Waals surface area contributed by atoms with Crippen LogP contribution in [0.4, 0.5) is 5.82 Å². The Morgan fingerprint density at radius 3 is 2.90 bits per heavy atom. The van der Waals surface area contributed by atoms with Gasteiger partial charge in [-0.1, -0.05) is 29.8 Å². The molecule has 0 spiro atoms. The Morgan fingerprint density at radius 1 is 1.33 bits per heavy atom. The first-order valence-corrected chi connectivity index (χ1v) is 6.91. The summed E-state index contributed by atoms with van der Waals surface area (Å²) in [4.78, 5) is 7.96. The summed E-state index contributed by atoms with van der Waals surface area (Å²) in [6.45, 7) is 2.78. The first-order chi connectivity index (χ1) is 10.2. The fraction of sp³-hybridized carbons (Fsp3) is 0.200. The van der Waals surface area contributed by atoms with Crippen LogP contribution in [0.5, 0.6) is 0 Å². The van der Waals surface area contributed by atoms with E-state index in [1.165, 1.54) is 23.5 Å². The molecule has 0 fully saturated rings. The van der Waals surface area contributed by atoms with Crippen LogP contribution >= 0.6 is 12.2 Å². The number of nitriles is 1. The summed E-state index contributed by atoms with van der Waals surface area (Å²) in [5.74, 6) is 0.369. The molecule has 2 N–H and O–H groups in total. The molecule has 1 aromatic heterocycles. The number of hydrogen-bond donors (Lipinski definition) is 2. The summed E-state index contributed by atoms with van der Waals surface area (Å²) < 4.78 is 0. The lowest BCUT2D eigenvalue weighted by molar-refractivity contribution is 0.871. The smallest absolute Gasteiger partial charge is 0.183 e. The zero-order chi connectivity index (χ0) is 15.1. The molecule has 5 nitrogen and oxygen atoms in total. The van der Waals surface area contributed by atoms with Gasteiger partial charge in [0.2, 0.25) is 0 Å². The molecule has 0 aliphatic heterocycles. The van der Waals surface area contributed by atoms with Crippen LogP contribution in [0.3, 0.4) is 0 Å². The van der Waals surface area contributed by atoms with Crippen molar-refractivity contribution < 1.29 is 0 Å². The highest BCUT2D eigenvalue weighted by molar-refractivity contribution is 7.80. The van der Waals surface area contributed by atoms with Crippen LogP contribution in [0.15, 0.2) is 36.7 Å². The minimum Gasteiger partial charge on any atom is -0.362 e. The summed E-state index contributed by atoms with van der Waals surface area (Å²) in [5, 5.41) is 15.3. The van der Waals surface area contributed by atoms with Gasteiger partial charge in [-0.3, -0.25) is 0 Å². The molecule has 106 valence electrons. The molecule has 6 heteroatoms. The molecule has 0 saturated carbocycles. The Hall–Kier alpha value is -2.52. The fourth-order valence-electron chi connectivity index (χ4n) is 1.85. The lowest BCUT2D eigenvalue weighted by atomic mass is 10.1. The predicted molar refractivity (Wildman–Crippen MR) is 85.9 cm³/mol. The van der Waals surface area contributed by atoms with Crippen molar-refractivity contribution in [3.63, 3.8) is 0 Å². The molecule has 0 unspecified atom stereocenters.